The summed E-state index contributed by atoms with van der Waals surface area (Å²) in [5.74, 6) is 0.451. The summed E-state index contributed by atoms with van der Waals surface area (Å²) in [6, 6.07) is 0. The maximum absolute atomic E-state index is 9.17. The topological polar surface area (TPSA) is 47.9 Å². The van der Waals surface area contributed by atoms with Gasteiger partial charge in [-0.3, -0.25) is 0 Å². The molecule has 0 radical (unpaired) electrons. The van der Waals surface area contributed by atoms with Gasteiger partial charge in [-0.15, -0.1) is 0 Å². The minimum atomic E-state index is -0.626. The third-order valence-corrected chi connectivity index (χ3v) is 3.89. The largest absolute Gasteiger partial charge is 0.396 e. The lowest BCUT2D eigenvalue weighted by Crippen LogP contribution is -2.36. The van der Waals surface area contributed by atoms with Crippen LogP contribution < -0.4 is 0 Å². The lowest BCUT2D eigenvalue weighted by Gasteiger charge is -2.23. The number of ether oxygens (including phenoxy) is 3. The molecule has 4 heteroatoms. The molecule has 0 amide bonds. The van der Waals surface area contributed by atoms with E-state index in [-0.39, 0.29) is 24.9 Å². The molecule has 1 rings (SSSR count). The van der Waals surface area contributed by atoms with Crippen LogP contribution in [0.1, 0.15) is 41.0 Å². The highest BCUT2D eigenvalue weighted by atomic mass is 16.8. The van der Waals surface area contributed by atoms with Crippen molar-refractivity contribution in [3.63, 3.8) is 0 Å². The number of aliphatic hydroxyl groups is 1. The van der Waals surface area contributed by atoms with E-state index in [9.17, 15) is 0 Å². The molecular weight excluding hydrogens is 256 g/mol. The van der Waals surface area contributed by atoms with Gasteiger partial charge in [0.05, 0.1) is 6.10 Å². The average Bonchev–Trinajstić information content (AvgIpc) is 2.65. The van der Waals surface area contributed by atoms with E-state index in [0.717, 1.165) is 0 Å². The van der Waals surface area contributed by atoms with Crippen molar-refractivity contribution < 1.29 is 19.3 Å². The van der Waals surface area contributed by atoms with E-state index in [2.05, 4.69) is 32.9 Å². The maximum Gasteiger partial charge on any atom is 0.163 e. The van der Waals surface area contributed by atoms with E-state index in [0.29, 0.717) is 18.3 Å². The number of rotatable bonds is 7. The summed E-state index contributed by atoms with van der Waals surface area (Å²) in [6.45, 7) is 10.5. The van der Waals surface area contributed by atoms with E-state index < -0.39 is 5.79 Å². The zero-order chi connectivity index (χ0) is 15.3. The van der Waals surface area contributed by atoms with Crippen LogP contribution in [-0.4, -0.2) is 42.9 Å². The van der Waals surface area contributed by atoms with Gasteiger partial charge in [-0.25, -0.2) is 0 Å². The second kappa shape index (κ2) is 7.55. The Labute approximate surface area is 123 Å². The molecule has 1 aliphatic heterocycles. The minimum Gasteiger partial charge on any atom is -0.396 e. The highest BCUT2D eigenvalue weighted by Gasteiger charge is 2.44. The number of hydrogen-bond donors (Lipinski definition) is 1. The van der Waals surface area contributed by atoms with Crippen molar-refractivity contribution in [2.75, 3.05) is 13.7 Å². The van der Waals surface area contributed by atoms with Gasteiger partial charge >= 0.3 is 0 Å². The zero-order valence-electron chi connectivity index (χ0n) is 13.6. The van der Waals surface area contributed by atoms with Crippen LogP contribution in [0, 0.1) is 11.8 Å². The SMILES string of the molecule is COC(/C=C\[C@@H](C)C(C)C)[C@H]1OC(C)(C)O[C@H]1CCO. The standard InChI is InChI=1S/C16H30O4/c1-11(2)12(3)7-8-13(18-6)15-14(9-10-17)19-16(4,5)20-15/h7-8,11-15,17H,9-10H2,1-6H3/b8-7-/t12-,13?,14+,15-/m1/s1. The van der Waals surface area contributed by atoms with Crippen molar-refractivity contribution in [1.29, 1.82) is 0 Å². The first-order valence-corrected chi connectivity index (χ1v) is 7.48. The molecule has 0 bridgehead atoms. The van der Waals surface area contributed by atoms with E-state index in [1.54, 1.807) is 7.11 Å². The predicted octanol–water partition coefficient (Wildman–Crippen LogP) is 2.75. The van der Waals surface area contributed by atoms with Gasteiger partial charge in [0.1, 0.15) is 12.2 Å². The Balaban J connectivity index is 2.76. The molecule has 0 aromatic carbocycles. The van der Waals surface area contributed by atoms with Crippen LogP contribution in [0.5, 0.6) is 0 Å². The van der Waals surface area contributed by atoms with Gasteiger partial charge in [0.15, 0.2) is 5.79 Å². The summed E-state index contributed by atoms with van der Waals surface area (Å²) in [5.41, 5.74) is 0. The van der Waals surface area contributed by atoms with E-state index in [1.165, 1.54) is 0 Å². The molecule has 1 heterocycles. The number of aliphatic hydroxyl groups excluding tert-OH is 1. The van der Waals surface area contributed by atoms with Crippen LogP contribution in [0.4, 0.5) is 0 Å². The fourth-order valence-electron chi connectivity index (χ4n) is 2.32. The molecule has 20 heavy (non-hydrogen) atoms. The zero-order valence-corrected chi connectivity index (χ0v) is 13.6. The first kappa shape index (κ1) is 17.6. The molecule has 4 atom stereocenters. The summed E-state index contributed by atoms with van der Waals surface area (Å²) < 4.78 is 17.4. The molecule has 0 aromatic rings. The fourth-order valence-corrected chi connectivity index (χ4v) is 2.32. The highest BCUT2D eigenvalue weighted by Crippen LogP contribution is 2.33. The molecule has 1 aliphatic rings. The first-order valence-electron chi connectivity index (χ1n) is 7.48. The molecular formula is C16H30O4. The van der Waals surface area contributed by atoms with Gasteiger partial charge in [-0.2, -0.15) is 0 Å². The second-order valence-electron chi connectivity index (χ2n) is 6.34. The Morgan fingerprint density at radius 1 is 1.20 bits per heavy atom. The molecule has 1 saturated heterocycles. The molecule has 1 N–H and O–H groups in total. The lowest BCUT2D eigenvalue weighted by atomic mass is 9.96. The summed E-state index contributed by atoms with van der Waals surface area (Å²) in [5, 5.41) is 9.17. The quantitative estimate of drug-likeness (QED) is 0.731. The highest BCUT2D eigenvalue weighted by molar-refractivity contribution is 5.01. The first-order chi connectivity index (χ1) is 9.30. The predicted molar refractivity (Wildman–Crippen MR) is 79.5 cm³/mol. The van der Waals surface area contributed by atoms with Crippen molar-refractivity contribution in [3.8, 4) is 0 Å². The summed E-state index contributed by atoms with van der Waals surface area (Å²) in [4.78, 5) is 0. The van der Waals surface area contributed by atoms with Crippen molar-refractivity contribution in [3.05, 3.63) is 12.2 Å². The van der Waals surface area contributed by atoms with Crippen molar-refractivity contribution in [1.82, 2.24) is 0 Å². The van der Waals surface area contributed by atoms with Crippen molar-refractivity contribution in [2.24, 2.45) is 11.8 Å². The average molecular weight is 286 g/mol. The molecule has 4 nitrogen and oxygen atoms in total. The molecule has 1 fully saturated rings. The molecule has 0 aliphatic carbocycles. The van der Waals surface area contributed by atoms with E-state index in [4.69, 9.17) is 19.3 Å². The number of methoxy groups -OCH3 is 1. The van der Waals surface area contributed by atoms with Gasteiger partial charge in [-0.05, 0) is 32.1 Å². The van der Waals surface area contributed by atoms with E-state index >= 15 is 0 Å². The van der Waals surface area contributed by atoms with Gasteiger partial charge < -0.3 is 19.3 Å². The summed E-state index contributed by atoms with van der Waals surface area (Å²) in [6.07, 6.45) is 4.31. The Morgan fingerprint density at radius 2 is 1.85 bits per heavy atom. The molecule has 0 aromatic heterocycles. The van der Waals surface area contributed by atoms with Crippen LogP contribution in [0.3, 0.4) is 0 Å². The Kier molecular flexibility index (Phi) is 6.65. The summed E-state index contributed by atoms with van der Waals surface area (Å²) >= 11 is 0. The molecule has 118 valence electrons. The molecule has 0 saturated carbocycles. The van der Waals surface area contributed by atoms with Crippen molar-refractivity contribution >= 4 is 0 Å². The normalized spacial score (nSPS) is 29.2. The van der Waals surface area contributed by atoms with Crippen LogP contribution in [0.25, 0.3) is 0 Å². The Bertz CT molecular complexity index is 312. The fraction of sp³-hybridized carbons (Fsp3) is 0.875. The Morgan fingerprint density at radius 3 is 2.35 bits per heavy atom. The van der Waals surface area contributed by atoms with Crippen LogP contribution >= 0.6 is 0 Å². The van der Waals surface area contributed by atoms with Crippen molar-refractivity contribution in [2.45, 2.75) is 65.1 Å². The van der Waals surface area contributed by atoms with Gasteiger partial charge in [0.2, 0.25) is 0 Å². The van der Waals surface area contributed by atoms with Crippen LogP contribution in [0.15, 0.2) is 12.2 Å². The Hall–Kier alpha value is -0.420. The molecule has 1 unspecified atom stereocenters. The third kappa shape index (κ3) is 4.85. The maximum atomic E-state index is 9.17. The molecule has 0 spiro atoms. The third-order valence-electron chi connectivity index (χ3n) is 3.89. The van der Waals surface area contributed by atoms with Crippen LogP contribution in [-0.2, 0) is 14.2 Å². The minimum absolute atomic E-state index is 0.0865. The summed E-state index contributed by atoms with van der Waals surface area (Å²) in [7, 11) is 1.68. The lowest BCUT2D eigenvalue weighted by molar-refractivity contribution is -0.154. The monoisotopic (exact) mass is 286 g/mol. The number of allylic oxidation sites excluding steroid dienone is 1. The number of hydrogen-bond acceptors (Lipinski definition) is 4. The van der Waals surface area contributed by atoms with Gasteiger partial charge in [-0.1, -0.05) is 32.9 Å². The smallest absolute Gasteiger partial charge is 0.163 e. The van der Waals surface area contributed by atoms with E-state index in [1.807, 2.05) is 13.8 Å². The second-order valence-corrected chi connectivity index (χ2v) is 6.34. The van der Waals surface area contributed by atoms with Crippen LogP contribution in [0.2, 0.25) is 0 Å². The van der Waals surface area contributed by atoms with Gasteiger partial charge in [0.25, 0.3) is 0 Å². The van der Waals surface area contributed by atoms with Gasteiger partial charge in [0, 0.05) is 13.7 Å².